The number of hydrogen-bond acceptors (Lipinski definition) is 2. The molecule has 1 heterocycles. The van der Waals surface area contributed by atoms with Crippen molar-refractivity contribution in [1.29, 1.82) is 0 Å². The van der Waals surface area contributed by atoms with Crippen LogP contribution in [0.25, 0.3) is 0 Å². The molecular formula is C7H14N2O. The first-order valence-electron chi connectivity index (χ1n) is 3.77. The highest BCUT2D eigenvalue weighted by Gasteiger charge is 2.19. The van der Waals surface area contributed by atoms with Crippen LogP contribution >= 0.6 is 0 Å². The summed E-state index contributed by atoms with van der Waals surface area (Å²) in [6, 6.07) is 0.285. The van der Waals surface area contributed by atoms with Crippen molar-refractivity contribution >= 4 is 5.91 Å². The van der Waals surface area contributed by atoms with Crippen molar-refractivity contribution in [3.63, 3.8) is 0 Å². The van der Waals surface area contributed by atoms with E-state index in [1.165, 1.54) is 0 Å². The molecule has 0 aromatic rings. The van der Waals surface area contributed by atoms with Crippen LogP contribution in [0.15, 0.2) is 0 Å². The molecule has 1 fully saturated rings. The van der Waals surface area contributed by atoms with E-state index in [2.05, 4.69) is 5.43 Å². The van der Waals surface area contributed by atoms with Crippen LogP contribution in [0.4, 0.5) is 0 Å². The maximum atomic E-state index is 11.1. The van der Waals surface area contributed by atoms with Crippen LogP contribution in [-0.2, 0) is 4.79 Å². The number of amides is 1. The highest BCUT2D eigenvalue weighted by atomic mass is 16.2. The molecule has 0 aromatic heterocycles. The van der Waals surface area contributed by atoms with Gasteiger partial charge in [-0.1, -0.05) is 0 Å². The maximum absolute atomic E-state index is 11.1. The summed E-state index contributed by atoms with van der Waals surface area (Å²) in [5.74, 6) is 0.223. The molecule has 0 radical (unpaired) electrons. The predicted molar refractivity (Wildman–Crippen MR) is 39.2 cm³/mol. The highest BCUT2D eigenvalue weighted by Crippen LogP contribution is 2.04. The Hall–Kier alpha value is -0.570. The van der Waals surface area contributed by atoms with Gasteiger partial charge in [-0.2, -0.15) is 0 Å². The van der Waals surface area contributed by atoms with Crippen LogP contribution in [0.3, 0.4) is 0 Å². The molecular weight excluding hydrogens is 128 g/mol. The fraction of sp³-hybridized carbons (Fsp3) is 0.857. The lowest BCUT2D eigenvalue weighted by Crippen LogP contribution is -2.50. The van der Waals surface area contributed by atoms with Gasteiger partial charge in [0.15, 0.2) is 0 Å². The number of nitrogens with zero attached hydrogens (tertiary/aromatic N) is 1. The van der Waals surface area contributed by atoms with E-state index >= 15 is 0 Å². The molecule has 1 aliphatic heterocycles. The van der Waals surface area contributed by atoms with Gasteiger partial charge in [0.05, 0.1) is 0 Å². The second-order valence-electron chi connectivity index (χ2n) is 2.87. The average molecular weight is 142 g/mol. The van der Waals surface area contributed by atoms with Crippen molar-refractivity contribution in [2.75, 3.05) is 6.54 Å². The van der Waals surface area contributed by atoms with Gasteiger partial charge in [-0.25, -0.2) is 5.43 Å². The van der Waals surface area contributed by atoms with E-state index in [0.29, 0.717) is 6.42 Å². The van der Waals surface area contributed by atoms with Crippen LogP contribution in [0.2, 0.25) is 0 Å². The standard InChI is InChI=1S/C7H14N2O/c1-6(2)9-7(10)4-3-5-8-9/h6,8H,3-5H2,1-2H3. The van der Waals surface area contributed by atoms with E-state index in [0.717, 1.165) is 13.0 Å². The molecule has 1 saturated heterocycles. The molecule has 0 unspecified atom stereocenters. The average Bonchev–Trinajstić information content (AvgIpc) is 1.88. The van der Waals surface area contributed by atoms with E-state index in [4.69, 9.17) is 0 Å². The minimum Gasteiger partial charge on any atom is -0.276 e. The van der Waals surface area contributed by atoms with Crippen molar-refractivity contribution in [3.05, 3.63) is 0 Å². The molecule has 1 aliphatic rings. The number of rotatable bonds is 1. The van der Waals surface area contributed by atoms with Gasteiger partial charge in [0.25, 0.3) is 0 Å². The number of hydrazine groups is 1. The Balaban J connectivity index is 2.48. The molecule has 0 saturated carbocycles. The van der Waals surface area contributed by atoms with Crippen LogP contribution in [-0.4, -0.2) is 23.5 Å². The van der Waals surface area contributed by atoms with Gasteiger partial charge in [-0.15, -0.1) is 0 Å². The third-order valence-corrected chi connectivity index (χ3v) is 1.63. The van der Waals surface area contributed by atoms with Gasteiger partial charge in [0, 0.05) is 19.0 Å². The van der Waals surface area contributed by atoms with E-state index in [1.54, 1.807) is 5.01 Å². The largest absolute Gasteiger partial charge is 0.276 e. The third-order valence-electron chi connectivity index (χ3n) is 1.63. The lowest BCUT2D eigenvalue weighted by Gasteiger charge is -2.30. The first-order valence-corrected chi connectivity index (χ1v) is 3.77. The lowest BCUT2D eigenvalue weighted by atomic mass is 10.2. The van der Waals surface area contributed by atoms with E-state index < -0.39 is 0 Å². The predicted octanol–water partition coefficient (Wildman–Crippen LogP) is 0.522. The van der Waals surface area contributed by atoms with Gasteiger partial charge in [0.1, 0.15) is 0 Å². The van der Waals surface area contributed by atoms with Gasteiger partial charge in [-0.3, -0.25) is 9.80 Å². The summed E-state index contributed by atoms with van der Waals surface area (Å²) >= 11 is 0. The molecule has 0 spiro atoms. The summed E-state index contributed by atoms with van der Waals surface area (Å²) < 4.78 is 0. The van der Waals surface area contributed by atoms with Crippen molar-refractivity contribution in [2.45, 2.75) is 32.7 Å². The minimum absolute atomic E-state index is 0.223. The van der Waals surface area contributed by atoms with Gasteiger partial charge >= 0.3 is 0 Å². The molecule has 1 rings (SSSR count). The summed E-state index contributed by atoms with van der Waals surface area (Å²) in [7, 11) is 0. The molecule has 0 atom stereocenters. The number of carbonyl (C=O) groups excluding carboxylic acids is 1. The summed E-state index contributed by atoms with van der Waals surface area (Å²) in [4.78, 5) is 11.1. The van der Waals surface area contributed by atoms with Gasteiger partial charge < -0.3 is 0 Å². The Morgan fingerprint density at radius 1 is 1.60 bits per heavy atom. The molecule has 0 aliphatic carbocycles. The molecule has 0 aromatic carbocycles. The van der Waals surface area contributed by atoms with Crippen molar-refractivity contribution in [1.82, 2.24) is 10.4 Å². The first-order chi connectivity index (χ1) is 4.72. The Bertz CT molecular complexity index is 134. The van der Waals surface area contributed by atoms with Crippen molar-refractivity contribution in [2.24, 2.45) is 0 Å². The molecule has 1 amide bonds. The SMILES string of the molecule is CC(C)N1NCCCC1=O. The lowest BCUT2D eigenvalue weighted by molar-refractivity contribution is -0.139. The number of nitrogens with one attached hydrogen (secondary N) is 1. The molecule has 3 heteroatoms. The normalized spacial score (nSPS) is 20.3. The number of carbonyl (C=O) groups is 1. The first kappa shape index (κ1) is 7.54. The molecule has 3 nitrogen and oxygen atoms in total. The summed E-state index contributed by atoms with van der Waals surface area (Å²) in [5.41, 5.74) is 3.05. The van der Waals surface area contributed by atoms with E-state index in [1.807, 2.05) is 13.8 Å². The van der Waals surface area contributed by atoms with E-state index in [9.17, 15) is 4.79 Å². The zero-order chi connectivity index (χ0) is 7.56. The maximum Gasteiger partial charge on any atom is 0.236 e. The van der Waals surface area contributed by atoms with Gasteiger partial charge in [0.2, 0.25) is 5.91 Å². The topological polar surface area (TPSA) is 32.3 Å². The van der Waals surface area contributed by atoms with Crippen LogP contribution in [0, 0.1) is 0 Å². The third kappa shape index (κ3) is 1.48. The Morgan fingerprint density at radius 3 is 2.70 bits per heavy atom. The van der Waals surface area contributed by atoms with Gasteiger partial charge in [-0.05, 0) is 20.3 Å². The van der Waals surface area contributed by atoms with Crippen LogP contribution in [0.1, 0.15) is 26.7 Å². The Kier molecular flexibility index (Phi) is 2.27. The fourth-order valence-electron chi connectivity index (χ4n) is 1.12. The van der Waals surface area contributed by atoms with Crippen LogP contribution in [0.5, 0.6) is 0 Å². The van der Waals surface area contributed by atoms with Crippen molar-refractivity contribution < 1.29 is 4.79 Å². The Morgan fingerprint density at radius 2 is 2.30 bits per heavy atom. The summed E-state index contributed by atoms with van der Waals surface area (Å²) in [6.07, 6.45) is 1.67. The highest BCUT2D eigenvalue weighted by molar-refractivity contribution is 5.76. The monoisotopic (exact) mass is 142 g/mol. The van der Waals surface area contributed by atoms with E-state index in [-0.39, 0.29) is 11.9 Å². The quantitative estimate of drug-likeness (QED) is 0.579. The number of hydrogen-bond donors (Lipinski definition) is 1. The van der Waals surface area contributed by atoms with Crippen molar-refractivity contribution in [3.8, 4) is 0 Å². The summed E-state index contributed by atoms with van der Waals surface area (Å²) in [6.45, 7) is 4.95. The minimum atomic E-state index is 0.223. The zero-order valence-electron chi connectivity index (χ0n) is 6.55. The smallest absolute Gasteiger partial charge is 0.236 e. The fourth-order valence-corrected chi connectivity index (χ4v) is 1.12. The zero-order valence-corrected chi connectivity index (χ0v) is 6.55. The molecule has 58 valence electrons. The summed E-state index contributed by atoms with van der Waals surface area (Å²) in [5, 5.41) is 1.71. The second kappa shape index (κ2) is 3.01. The molecule has 0 bridgehead atoms. The Labute approximate surface area is 61.4 Å². The molecule has 1 N–H and O–H groups in total. The second-order valence-corrected chi connectivity index (χ2v) is 2.87. The van der Waals surface area contributed by atoms with Crippen LogP contribution < -0.4 is 5.43 Å². The molecule has 10 heavy (non-hydrogen) atoms.